The van der Waals surface area contributed by atoms with Crippen LogP contribution in [0, 0.1) is 0 Å². The van der Waals surface area contributed by atoms with E-state index >= 15 is 0 Å². The van der Waals surface area contributed by atoms with Crippen LogP contribution in [0.1, 0.15) is 12.0 Å². The molecule has 0 aliphatic heterocycles. The molecule has 0 bridgehead atoms. The van der Waals surface area contributed by atoms with Crippen LogP contribution in [0.25, 0.3) is 0 Å². The number of rotatable bonds is 3. The first-order valence-corrected chi connectivity index (χ1v) is 3.41. The number of aryl methyl sites for hydroxylation is 1. The van der Waals surface area contributed by atoms with E-state index in [1.807, 2.05) is 30.3 Å². The normalized spacial score (nSPS) is 8.36. The molecule has 54 valence electrons. The Bertz CT molecular complexity index is 196. The van der Waals surface area contributed by atoms with E-state index in [0.717, 1.165) is 12.7 Å². The van der Waals surface area contributed by atoms with E-state index in [4.69, 9.17) is 0 Å². The third-order valence-corrected chi connectivity index (χ3v) is 1.39. The summed E-state index contributed by atoms with van der Waals surface area (Å²) in [5, 5.41) is 0. The first-order chi connectivity index (χ1) is 4.93. The molecule has 0 amide bonds. The number of aldehydes is 1. The third-order valence-electron chi connectivity index (χ3n) is 1.39. The average molecular weight is 158 g/mol. The molecule has 0 N–H and O–H groups in total. The van der Waals surface area contributed by atoms with E-state index in [1.54, 1.807) is 0 Å². The van der Waals surface area contributed by atoms with Crippen molar-refractivity contribution in [3.05, 3.63) is 35.9 Å². The quantitative estimate of drug-likeness (QED) is 0.476. The van der Waals surface area contributed by atoms with Crippen molar-refractivity contribution in [2.75, 3.05) is 0 Å². The Morgan fingerprint density at radius 1 is 1.18 bits per heavy atom. The summed E-state index contributed by atoms with van der Waals surface area (Å²) in [5.41, 5.74) is 1.23. The van der Waals surface area contributed by atoms with Gasteiger partial charge < -0.3 is 4.79 Å². The summed E-state index contributed by atoms with van der Waals surface area (Å²) in [4.78, 5) is 9.98. The van der Waals surface area contributed by atoms with Crippen LogP contribution in [0.5, 0.6) is 0 Å². The monoisotopic (exact) mass is 158 g/mol. The summed E-state index contributed by atoms with van der Waals surface area (Å²) < 4.78 is 0. The minimum absolute atomic E-state index is 0. The molecule has 1 nitrogen and oxygen atoms in total. The van der Waals surface area contributed by atoms with Gasteiger partial charge in [-0.1, -0.05) is 30.3 Å². The second kappa shape index (κ2) is 6.59. The Labute approximate surface area is 89.1 Å². The Morgan fingerprint density at radius 3 is 2.36 bits per heavy atom. The van der Waals surface area contributed by atoms with Crippen molar-refractivity contribution >= 4 is 35.8 Å². The van der Waals surface area contributed by atoms with Crippen LogP contribution in [-0.2, 0) is 11.2 Å². The molecule has 0 radical (unpaired) electrons. The molecular weight excluding hydrogens is 147 g/mol. The summed E-state index contributed by atoms with van der Waals surface area (Å²) in [5.74, 6) is 0. The molecule has 0 saturated carbocycles. The molecule has 1 aromatic carbocycles. The Hall–Kier alpha value is -0.110. The Morgan fingerprint density at radius 2 is 1.82 bits per heavy atom. The molecule has 0 unspecified atom stereocenters. The summed E-state index contributed by atoms with van der Waals surface area (Å²) in [6.07, 6.45) is 2.45. The molecule has 0 spiro atoms. The summed E-state index contributed by atoms with van der Waals surface area (Å²) in [6, 6.07) is 10.0. The maximum absolute atomic E-state index is 9.98. The van der Waals surface area contributed by atoms with Crippen LogP contribution >= 0.6 is 0 Å². The van der Waals surface area contributed by atoms with Crippen LogP contribution in [0.3, 0.4) is 0 Å². The fourth-order valence-corrected chi connectivity index (χ4v) is 0.870. The van der Waals surface area contributed by atoms with Crippen LogP contribution in [0.2, 0.25) is 0 Å². The molecule has 0 fully saturated rings. The van der Waals surface area contributed by atoms with E-state index in [1.165, 1.54) is 5.56 Å². The first-order valence-electron chi connectivity index (χ1n) is 3.41. The summed E-state index contributed by atoms with van der Waals surface area (Å²) >= 11 is 0. The van der Waals surface area contributed by atoms with E-state index < -0.39 is 0 Å². The zero-order chi connectivity index (χ0) is 7.23. The fraction of sp³-hybridized carbons (Fsp3) is 0.222. The van der Waals surface area contributed by atoms with E-state index in [-0.39, 0.29) is 29.6 Å². The van der Waals surface area contributed by atoms with Crippen LogP contribution in [-0.4, -0.2) is 35.8 Å². The standard InChI is InChI=1S/C9H10O.Na.H/c10-8-4-7-9-5-2-1-3-6-9;;/h1-3,5-6,8H,4,7H2;;. The SMILES string of the molecule is O=CCCc1ccccc1.[NaH]. The molecule has 0 heterocycles. The van der Waals surface area contributed by atoms with Gasteiger partial charge in [0.25, 0.3) is 0 Å². The molecule has 1 rings (SSSR count). The van der Waals surface area contributed by atoms with Crippen LogP contribution in [0.4, 0.5) is 0 Å². The van der Waals surface area contributed by atoms with Gasteiger partial charge in [-0.15, -0.1) is 0 Å². The van der Waals surface area contributed by atoms with Gasteiger partial charge >= 0.3 is 29.6 Å². The van der Waals surface area contributed by atoms with Crippen molar-refractivity contribution in [2.45, 2.75) is 12.8 Å². The van der Waals surface area contributed by atoms with Gasteiger partial charge in [0.05, 0.1) is 0 Å². The average Bonchev–Trinajstić information content (AvgIpc) is 2.03. The number of hydrogen-bond donors (Lipinski definition) is 0. The minimum atomic E-state index is 0. The molecule has 0 aromatic heterocycles. The third kappa shape index (κ3) is 4.35. The Balaban J connectivity index is 0.000001000. The van der Waals surface area contributed by atoms with Crippen LogP contribution < -0.4 is 0 Å². The number of hydrogen-bond acceptors (Lipinski definition) is 1. The number of carbonyl (C=O) groups is 1. The molecule has 0 atom stereocenters. The molecule has 2 heteroatoms. The van der Waals surface area contributed by atoms with Crippen molar-refractivity contribution in [3.63, 3.8) is 0 Å². The van der Waals surface area contributed by atoms with E-state index in [0.29, 0.717) is 6.42 Å². The molecule has 1 aromatic rings. The van der Waals surface area contributed by atoms with Crippen molar-refractivity contribution < 1.29 is 4.79 Å². The van der Waals surface area contributed by atoms with Crippen molar-refractivity contribution in [2.24, 2.45) is 0 Å². The van der Waals surface area contributed by atoms with Gasteiger partial charge in [-0.05, 0) is 12.0 Å². The number of benzene rings is 1. The summed E-state index contributed by atoms with van der Waals surface area (Å²) in [7, 11) is 0. The van der Waals surface area contributed by atoms with Gasteiger partial charge in [0.2, 0.25) is 0 Å². The van der Waals surface area contributed by atoms with Crippen molar-refractivity contribution in [1.82, 2.24) is 0 Å². The molecular formula is C9H11NaO. The predicted octanol–water partition coefficient (Wildman–Crippen LogP) is 1.17. The molecule has 0 aliphatic carbocycles. The summed E-state index contributed by atoms with van der Waals surface area (Å²) in [6.45, 7) is 0. The van der Waals surface area contributed by atoms with Gasteiger partial charge in [-0.2, -0.15) is 0 Å². The van der Waals surface area contributed by atoms with Gasteiger partial charge in [0, 0.05) is 6.42 Å². The zero-order valence-electron chi connectivity index (χ0n) is 5.79. The van der Waals surface area contributed by atoms with Crippen molar-refractivity contribution in [1.29, 1.82) is 0 Å². The second-order valence-electron chi connectivity index (χ2n) is 2.19. The van der Waals surface area contributed by atoms with Crippen molar-refractivity contribution in [3.8, 4) is 0 Å². The fourth-order valence-electron chi connectivity index (χ4n) is 0.870. The molecule has 11 heavy (non-hydrogen) atoms. The predicted molar refractivity (Wildman–Crippen MR) is 48.0 cm³/mol. The van der Waals surface area contributed by atoms with Gasteiger partial charge in [0.15, 0.2) is 0 Å². The second-order valence-corrected chi connectivity index (χ2v) is 2.19. The topological polar surface area (TPSA) is 17.1 Å². The van der Waals surface area contributed by atoms with E-state index in [2.05, 4.69) is 0 Å². The number of carbonyl (C=O) groups excluding carboxylic acids is 1. The molecule has 0 aliphatic rings. The maximum atomic E-state index is 9.98. The first kappa shape index (κ1) is 10.9. The zero-order valence-corrected chi connectivity index (χ0v) is 5.79. The van der Waals surface area contributed by atoms with Gasteiger partial charge in [0.1, 0.15) is 6.29 Å². The Kier molecular flexibility index (Phi) is 6.52. The molecule has 0 saturated heterocycles. The van der Waals surface area contributed by atoms with Gasteiger partial charge in [-0.25, -0.2) is 0 Å². The van der Waals surface area contributed by atoms with E-state index in [9.17, 15) is 4.79 Å². The van der Waals surface area contributed by atoms with Gasteiger partial charge in [-0.3, -0.25) is 0 Å². The van der Waals surface area contributed by atoms with Crippen LogP contribution in [0.15, 0.2) is 30.3 Å².